The van der Waals surface area contributed by atoms with Crippen molar-refractivity contribution in [3.63, 3.8) is 0 Å². The Morgan fingerprint density at radius 3 is 2.06 bits per heavy atom. The molecule has 1 heterocycles. The highest BCUT2D eigenvalue weighted by atomic mass is 32.2. The molecule has 0 spiro atoms. The standard InChI is InChI=1S/C26H23NO5S/c1-18(2)26(29)32-25-21-15-9-10-16-22(21)33(30,31)27(17-19-11-5-3-6-12-19)23(25)24(28)20-13-7-4-8-14-20/h3-16,18H,17H2,1-2H3. The van der Waals surface area contributed by atoms with Crippen molar-refractivity contribution in [2.45, 2.75) is 25.3 Å². The molecule has 0 atom stereocenters. The van der Waals surface area contributed by atoms with Crippen molar-refractivity contribution in [1.82, 2.24) is 4.31 Å². The number of Topliss-reactive ketones (excluding diaryl/α,β-unsaturated/α-hetero) is 1. The van der Waals surface area contributed by atoms with E-state index in [0.29, 0.717) is 11.1 Å². The van der Waals surface area contributed by atoms with Crippen molar-refractivity contribution in [3.8, 4) is 0 Å². The van der Waals surface area contributed by atoms with Crippen LogP contribution in [0.1, 0.15) is 35.3 Å². The van der Waals surface area contributed by atoms with Crippen LogP contribution in [-0.4, -0.2) is 24.5 Å². The SMILES string of the molecule is CC(C)C(=O)OC1=C(C(=O)c2ccccc2)N(Cc2ccccc2)S(=O)(=O)c2ccccc21. The second-order valence-corrected chi connectivity index (χ2v) is 9.77. The van der Waals surface area contributed by atoms with Crippen LogP contribution in [0.5, 0.6) is 0 Å². The number of rotatable bonds is 6. The number of sulfonamides is 1. The van der Waals surface area contributed by atoms with E-state index in [4.69, 9.17) is 4.74 Å². The quantitative estimate of drug-likeness (QED) is 0.395. The lowest BCUT2D eigenvalue weighted by molar-refractivity contribution is -0.140. The molecule has 1 aliphatic rings. The fraction of sp³-hybridized carbons (Fsp3) is 0.154. The molecule has 0 amide bonds. The number of benzene rings is 3. The normalized spacial score (nSPS) is 14.7. The fourth-order valence-corrected chi connectivity index (χ4v) is 5.19. The van der Waals surface area contributed by atoms with Crippen LogP contribution < -0.4 is 0 Å². The van der Waals surface area contributed by atoms with E-state index < -0.39 is 27.7 Å². The van der Waals surface area contributed by atoms with Gasteiger partial charge < -0.3 is 4.74 Å². The molecule has 0 saturated heterocycles. The summed E-state index contributed by atoms with van der Waals surface area (Å²) in [6, 6.07) is 23.6. The smallest absolute Gasteiger partial charge is 0.313 e. The Bertz CT molecular complexity index is 1330. The summed E-state index contributed by atoms with van der Waals surface area (Å²) in [6.45, 7) is 3.26. The lowest BCUT2D eigenvalue weighted by atomic mass is 10.0. The summed E-state index contributed by atoms with van der Waals surface area (Å²) >= 11 is 0. The molecule has 3 aromatic carbocycles. The first-order chi connectivity index (χ1) is 15.8. The van der Waals surface area contributed by atoms with Crippen LogP contribution >= 0.6 is 0 Å². The Morgan fingerprint density at radius 1 is 0.848 bits per heavy atom. The molecule has 0 saturated carbocycles. The molecule has 0 bridgehead atoms. The zero-order chi connectivity index (χ0) is 23.6. The number of ketones is 1. The summed E-state index contributed by atoms with van der Waals surface area (Å²) in [6.07, 6.45) is 0. The molecule has 0 fully saturated rings. The molecule has 0 aliphatic carbocycles. The molecule has 3 aromatic rings. The van der Waals surface area contributed by atoms with Gasteiger partial charge >= 0.3 is 5.97 Å². The topological polar surface area (TPSA) is 80.8 Å². The minimum absolute atomic E-state index is 0.0166. The highest BCUT2D eigenvalue weighted by Crippen LogP contribution is 2.40. The van der Waals surface area contributed by atoms with E-state index in [-0.39, 0.29) is 28.5 Å². The highest BCUT2D eigenvalue weighted by Gasteiger charge is 2.41. The molecule has 0 aromatic heterocycles. The zero-order valence-corrected chi connectivity index (χ0v) is 19.1. The average molecular weight is 462 g/mol. The Hall–Kier alpha value is -3.71. The summed E-state index contributed by atoms with van der Waals surface area (Å²) < 4.78 is 34.2. The Kier molecular flexibility index (Phi) is 6.16. The van der Waals surface area contributed by atoms with Gasteiger partial charge in [0.25, 0.3) is 10.0 Å². The van der Waals surface area contributed by atoms with Crippen LogP contribution in [0.4, 0.5) is 0 Å². The average Bonchev–Trinajstić information content (AvgIpc) is 2.83. The van der Waals surface area contributed by atoms with Crippen LogP contribution in [0.3, 0.4) is 0 Å². The molecule has 7 heteroatoms. The Balaban J connectivity index is 2.00. The zero-order valence-electron chi connectivity index (χ0n) is 18.3. The lowest BCUT2D eigenvalue weighted by Crippen LogP contribution is -2.38. The second-order valence-electron chi connectivity index (χ2n) is 7.94. The number of allylic oxidation sites excluding steroid dienone is 1. The highest BCUT2D eigenvalue weighted by molar-refractivity contribution is 7.89. The summed E-state index contributed by atoms with van der Waals surface area (Å²) in [4.78, 5) is 26.3. The van der Waals surface area contributed by atoms with E-state index in [1.807, 2.05) is 6.07 Å². The van der Waals surface area contributed by atoms with Crippen molar-refractivity contribution in [2.24, 2.45) is 5.92 Å². The number of esters is 1. The number of carbonyl (C=O) groups excluding carboxylic acids is 2. The first kappa shape index (κ1) is 22.5. The van der Waals surface area contributed by atoms with Crippen molar-refractivity contribution in [1.29, 1.82) is 0 Å². The number of ether oxygens (including phenoxy) is 1. The molecule has 0 unspecified atom stereocenters. The van der Waals surface area contributed by atoms with Gasteiger partial charge in [0, 0.05) is 11.1 Å². The summed E-state index contributed by atoms with van der Waals surface area (Å²) in [7, 11) is -4.11. The van der Waals surface area contributed by atoms with Gasteiger partial charge in [-0.15, -0.1) is 0 Å². The third-order valence-corrected chi connectivity index (χ3v) is 7.06. The lowest BCUT2D eigenvalue weighted by Gasteiger charge is -2.33. The number of hydrogen-bond donors (Lipinski definition) is 0. The summed E-state index contributed by atoms with van der Waals surface area (Å²) in [5.74, 6) is -1.63. The monoisotopic (exact) mass is 461 g/mol. The number of carbonyl (C=O) groups is 2. The van der Waals surface area contributed by atoms with Gasteiger partial charge in [-0.05, 0) is 17.7 Å². The maximum absolute atomic E-state index is 13.7. The van der Waals surface area contributed by atoms with E-state index in [0.717, 1.165) is 4.31 Å². The molecule has 1 aliphatic heterocycles. The predicted octanol–water partition coefficient (Wildman–Crippen LogP) is 4.64. The van der Waals surface area contributed by atoms with Gasteiger partial charge in [0.05, 0.1) is 17.4 Å². The number of hydrogen-bond acceptors (Lipinski definition) is 5. The van der Waals surface area contributed by atoms with E-state index in [9.17, 15) is 18.0 Å². The largest absolute Gasteiger partial charge is 0.423 e. The van der Waals surface area contributed by atoms with Crippen LogP contribution in [0.2, 0.25) is 0 Å². The molecule has 0 N–H and O–H groups in total. The summed E-state index contributed by atoms with van der Waals surface area (Å²) in [5, 5.41) is 0. The fourth-order valence-electron chi connectivity index (χ4n) is 3.54. The molecular weight excluding hydrogens is 438 g/mol. The Morgan fingerprint density at radius 2 is 1.42 bits per heavy atom. The third kappa shape index (κ3) is 4.32. The maximum Gasteiger partial charge on any atom is 0.313 e. The van der Waals surface area contributed by atoms with Crippen LogP contribution in [-0.2, 0) is 26.1 Å². The van der Waals surface area contributed by atoms with Crippen molar-refractivity contribution in [2.75, 3.05) is 0 Å². The molecule has 4 rings (SSSR count). The molecule has 0 radical (unpaired) electrons. The second kappa shape index (κ2) is 9.03. The first-order valence-electron chi connectivity index (χ1n) is 10.5. The van der Waals surface area contributed by atoms with Crippen molar-refractivity contribution < 1.29 is 22.7 Å². The van der Waals surface area contributed by atoms with Gasteiger partial charge in [-0.3, -0.25) is 13.9 Å². The van der Waals surface area contributed by atoms with Gasteiger partial charge in [-0.2, -0.15) is 0 Å². The van der Waals surface area contributed by atoms with E-state index in [1.54, 1.807) is 86.6 Å². The Labute approximate surface area is 193 Å². The van der Waals surface area contributed by atoms with E-state index in [2.05, 4.69) is 0 Å². The molecular formula is C26H23NO5S. The van der Waals surface area contributed by atoms with Crippen LogP contribution in [0, 0.1) is 5.92 Å². The van der Waals surface area contributed by atoms with Gasteiger partial charge in [0.1, 0.15) is 5.70 Å². The van der Waals surface area contributed by atoms with Crippen molar-refractivity contribution >= 4 is 27.5 Å². The van der Waals surface area contributed by atoms with Gasteiger partial charge in [0.15, 0.2) is 5.76 Å². The summed E-state index contributed by atoms with van der Waals surface area (Å²) in [5.41, 5.74) is 0.986. The van der Waals surface area contributed by atoms with E-state index in [1.165, 1.54) is 6.07 Å². The van der Waals surface area contributed by atoms with Crippen LogP contribution in [0.15, 0.2) is 95.5 Å². The van der Waals surface area contributed by atoms with Crippen LogP contribution in [0.25, 0.3) is 5.76 Å². The predicted molar refractivity (Wildman–Crippen MR) is 124 cm³/mol. The molecule has 168 valence electrons. The number of fused-ring (bicyclic) bond motifs is 1. The maximum atomic E-state index is 13.7. The molecule has 33 heavy (non-hydrogen) atoms. The van der Waals surface area contributed by atoms with Crippen molar-refractivity contribution in [3.05, 3.63) is 107 Å². The van der Waals surface area contributed by atoms with Gasteiger partial charge in [-0.1, -0.05) is 86.6 Å². The van der Waals surface area contributed by atoms with Gasteiger partial charge in [0.2, 0.25) is 5.78 Å². The number of nitrogens with zero attached hydrogens (tertiary/aromatic N) is 1. The van der Waals surface area contributed by atoms with Gasteiger partial charge in [-0.25, -0.2) is 8.42 Å². The molecule has 6 nitrogen and oxygen atoms in total. The van der Waals surface area contributed by atoms with E-state index >= 15 is 0 Å². The minimum atomic E-state index is -4.11. The third-order valence-electron chi connectivity index (χ3n) is 5.26. The first-order valence-corrected chi connectivity index (χ1v) is 12.0. The minimum Gasteiger partial charge on any atom is -0.423 e.